The number of rotatable bonds is 3. The molecule has 0 aliphatic rings. The molecule has 0 unspecified atom stereocenters. The van der Waals surface area contributed by atoms with E-state index in [1.54, 1.807) is 18.5 Å². The van der Waals surface area contributed by atoms with Gasteiger partial charge in [-0.3, -0.25) is 0 Å². The maximum atomic E-state index is 8.80. The third kappa shape index (κ3) is 5.23. The van der Waals surface area contributed by atoms with Gasteiger partial charge in [-0.15, -0.1) is 11.8 Å². The molecular formula is C5H10N2OS. The number of nitrogens with one attached hydrogen (secondary N) is 1. The van der Waals surface area contributed by atoms with Crippen molar-refractivity contribution < 1.29 is 5.11 Å². The molecule has 0 aliphatic carbocycles. The molecule has 0 aromatic carbocycles. The number of aliphatic hydroxyl groups is 1. The summed E-state index contributed by atoms with van der Waals surface area (Å²) < 4.78 is 0. The summed E-state index contributed by atoms with van der Waals surface area (Å²) in [7, 11) is 0. The maximum Gasteiger partial charge on any atom is 0.211 e. The van der Waals surface area contributed by atoms with Gasteiger partial charge in [0.25, 0.3) is 0 Å². The van der Waals surface area contributed by atoms with Crippen LogP contribution in [-0.2, 0) is 0 Å². The van der Waals surface area contributed by atoms with E-state index in [-0.39, 0.29) is 5.88 Å². The first-order valence-corrected chi connectivity index (χ1v) is 3.75. The highest BCUT2D eigenvalue weighted by Gasteiger charge is 1.82. The normalized spacial score (nSPS) is 12.4. The number of hydrogen-bond acceptors (Lipinski definition) is 4. The lowest BCUT2D eigenvalue weighted by molar-refractivity contribution is 0.370. The minimum absolute atomic E-state index is 0.0700. The van der Waals surface area contributed by atoms with Crippen molar-refractivity contribution in [2.75, 3.05) is 6.26 Å². The van der Waals surface area contributed by atoms with Gasteiger partial charge in [0.05, 0.1) is 0 Å². The summed E-state index contributed by atoms with van der Waals surface area (Å²) in [6.45, 7) is 1.76. The van der Waals surface area contributed by atoms with E-state index < -0.39 is 0 Å². The average molecular weight is 146 g/mol. The molecule has 0 aromatic rings. The SMILES string of the molecule is C/C=N\N/C(O)=C\SC. The zero-order chi connectivity index (χ0) is 7.11. The van der Waals surface area contributed by atoms with Crippen LogP contribution in [0.4, 0.5) is 0 Å². The van der Waals surface area contributed by atoms with Crippen molar-refractivity contribution in [1.29, 1.82) is 0 Å². The molecule has 0 aromatic heterocycles. The first-order valence-electron chi connectivity index (χ1n) is 2.47. The summed E-state index contributed by atoms with van der Waals surface area (Å²) >= 11 is 1.41. The quantitative estimate of drug-likeness (QED) is 0.358. The second-order valence-corrected chi connectivity index (χ2v) is 1.95. The number of aliphatic hydroxyl groups excluding tert-OH is 1. The van der Waals surface area contributed by atoms with Gasteiger partial charge < -0.3 is 5.11 Å². The summed E-state index contributed by atoms with van der Waals surface area (Å²) in [4.78, 5) is 0. The van der Waals surface area contributed by atoms with E-state index in [0.29, 0.717) is 0 Å². The Kier molecular flexibility index (Phi) is 5.11. The van der Waals surface area contributed by atoms with Crippen LogP contribution in [0.15, 0.2) is 16.4 Å². The van der Waals surface area contributed by atoms with Crippen LogP contribution in [-0.4, -0.2) is 17.6 Å². The van der Waals surface area contributed by atoms with Crippen molar-refractivity contribution in [3.8, 4) is 0 Å². The molecule has 0 atom stereocenters. The average Bonchev–Trinajstić information content (AvgIpc) is 1.85. The van der Waals surface area contributed by atoms with Crippen LogP contribution in [0.25, 0.3) is 0 Å². The standard InChI is InChI=1S/C5H10N2OS/c1-3-6-7-5(8)4-9-2/h3-4,7-8H,1-2H3/b5-4+,6-3-. The number of nitrogens with zero attached hydrogens (tertiary/aromatic N) is 1. The minimum atomic E-state index is 0.0700. The third-order valence-corrected chi connectivity index (χ3v) is 0.997. The largest absolute Gasteiger partial charge is 0.493 e. The topological polar surface area (TPSA) is 44.6 Å². The Morgan fingerprint density at radius 3 is 2.89 bits per heavy atom. The molecule has 0 saturated carbocycles. The molecule has 0 bridgehead atoms. The smallest absolute Gasteiger partial charge is 0.211 e. The van der Waals surface area contributed by atoms with Gasteiger partial charge in [-0.1, -0.05) is 0 Å². The highest BCUT2D eigenvalue weighted by atomic mass is 32.2. The van der Waals surface area contributed by atoms with Crippen molar-refractivity contribution in [3.05, 3.63) is 11.3 Å². The molecule has 0 aliphatic heterocycles. The van der Waals surface area contributed by atoms with Crippen molar-refractivity contribution in [2.24, 2.45) is 5.10 Å². The molecule has 4 heteroatoms. The summed E-state index contributed by atoms with van der Waals surface area (Å²) in [5.41, 5.74) is 2.40. The van der Waals surface area contributed by atoms with Crippen LogP contribution in [0.3, 0.4) is 0 Å². The van der Waals surface area contributed by atoms with E-state index in [1.165, 1.54) is 11.8 Å². The van der Waals surface area contributed by atoms with Crippen LogP contribution >= 0.6 is 11.8 Å². The minimum Gasteiger partial charge on any atom is -0.493 e. The van der Waals surface area contributed by atoms with Gasteiger partial charge in [0, 0.05) is 11.6 Å². The second kappa shape index (κ2) is 5.50. The Hall–Kier alpha value is -0.640. The van der Waals surface area contributed by atoms with Crippen molar-refractivity contribution >= 4 is 18.0 Å². The first-order chi connectivity index (χ1) is 4.31. The predicted molar refractivity (Wildman–Crippen MR) is 41.5 cm³/mol. The number of hydrogen-bond donors (Lipinski definition) is 2. The van der Waals surface area contributed by atoms with Crippen molar-refractivity contribution in [2.45, 2.75) is 6.92 Å². The van der Waals surface area contributed by atoms with Gasteiger partial charge >= 0.3 is 0 Å². The Balaban J connectivity index is 3.49. The van der Waals surface area contributed by atoms with E-state index in [9.17, 15) is 0 Å². The molecular weight excluding hydrogens is 136 g/mol. The molecule has 0 spiro atoms. The number of thioether (sulfide) groups is 1. The molecule has 0 radical (unpaired) electrons. The Labute approximate surface area is 58.8 Å². The van der Waals surface area contributed by atoms with E-state index in [1.807, 2.05) is 6.26 Å². The van der Waals surface area contributed by atoms with E-state index in [2.05, 4.69) is 10.5 Å². The molecule has 52 valence electrons. The van der Waals surface area contributed by atoms with E-state index >= 15 is 0 Å². The summed E-state index contributed by atoms with van der Waals surface area (Å²) in [6.07, 6.45) is 3.41. The molecule has 9 heavy (non-hydrogen) atoms. The highest BCUT2D eigenvalue weighted by molar-refractivity contribution is 8.01. The lowest BCUT2D eigenvalue weighted by atomic mass is 10.9. The van der Waals surface area contributed by atoms with Crippen LogP contribution in [0, 0.1) is 0 Å². The molecule has 0 saturated heterocycles. The molecule has 0 fully saturated rings. The van der Waals surface area contributed by atoms with Gasteiger partial charge in [-0.05, 0) is 13.2 Å². The fourth-order valence-corrected chi connectivity index (χ4v) is 0.545. The van der Waals surface area contributed by atoms with Crippen LogP contribution < -0.4 is 5.43 Å². The monoisotopic (exact) mass is 146 g/mol. The van der Waals surface area contributed by atoms with Crippen LogP contribution in [0.1, 0.15) is 6.92 Å². The van der Waals surface area contributed by atoms with Crippen molar-refractivity contribution in [3.63, 3.8) is 0 Å². The summed E-state index contributed by atoms with van der Waals surface area (Å²) in [5.74, 6) is 0.0700. The van der Waals surface area contributed by atoms with Crippen molar-refractivity contribution in [1.82, 2.24) is 5.43 Å². The Morgan fingerprint density at radius 1 is 1.78 bits per heavy atom. The van der Waals surface area contributed by atoms with Gasteiger partial charge in [-0.25, -0.2) is 5.43 Å². The van der Waals surface area contributed by atoms with Crippen LogP contribution in [0.5, 0.6) is 0 Å². The van der Waals surface area contributed by atoms with Gasteiger partial charge in [-0.2, -0.15) is 5.10 Å². The summed E-state index contributed by atoms with van der Waals surface area (Å²) in [5, 5.41) is 13.9. The second-order valence-electron chi connectivity index (χ2n) is 1.24. The van der Waals surface area contributed by atoms with E-state index in [4.69, 9.17) is 5.11 Å². The predicted octanol–water partition coefficient (Wildman–Crippen LogP) is 1.30. The molecule has 2 N–H and O–H groups in total. The molecule has 0 heterocycles. The maximum absolute atomic E-state index is 8.80. The lowest BCUT2D eigenvalue weighted by Gasteiger charge is -1.93. The molecule has 0 amide bonds. The number of hydrazone groups is 1. The van der Waals surface area contributed by atoms with Gasteiger partial charge in [0.15, 0.2) is 0 Å². The molecule has 0 rings (SSSR count). The Morgan fingerprint density at radius 2 is 2.44 bits per heavy atom. The fraction of sp³-hybridized carbons (Fsp3) is 0.400. The molecule has 3 nitrogen and oxygen atoms in total. The zero-order valence-electron chi connectivity index (χ0n) is 5.46. The van der Waals surface area contributed by atoms with Gasteiger partial charge in [0.2, 0.25) is 5.88 Å². The van der Waals surface area contributed by atoms with E-state index in [0.717, 1.165) is 0 Å². The third-order valence-electron chi connectivity index (χ3n) is 0.538. The Bertz CT molecular complexity index is 122. The highest BCUT2D eigenvalue weighted by Crippen LogP contribution is 1.95. The fourth-order valence-electron chi connectivity index (χ4n) is 0.269. The zero-order valence-corrected chi connectivity index (χ0v) is 6.27. The van der Waals surface area contributed by atoms with Gasteiger partial charge in [0.1, 0.15) is 0 Å². The van der Waals surface area contributed by atoms with Crippen LogP contribution in [0.2, 0.25) is 0 Å². The lowest BCUT2D eigenvalue weighted by Crippen LogP contribution is -2.02. The summed E-state index contributed by atoms with van der Waals surface area (Å²) in [6, 6.07) is 0. The first kappa shape index (κ1) is 8.36.